The van der Waals surface area contributed by atoms with Crippen LogP contribution in [0.25, 0.3) is 0 Å². The van der Waals surface area contributed by atoms with Crippen LogP contribution in [0.15, 0.2) is 6.07 Å². The van der Waals surface area contributed by atoms with Crippen molar-refractivity contribution in [2.24, 2.45) is 0 Å². The largest absolute Gasteiger partial charge is 0.384 e. The maximum Gasteiger partial charge on any atom is 0.138 e. The van der Waals surface area contributed by atoms with Gasteiger partial charge in [0.15, 0.2) is 0 Å². The van der Waals surface area contributed by atoms with Gasteiger partial charge in [-0.05, 0) is 27.7 Å². The molecule has 0 aliphatic carbocycles. The second-order valence-corrected chi connectivity index (χ2v) is 7.10. The minimum absolute atomic E-state index is 0.103. The van der Waals surface area contributed by atoms with Crippen LogP contribution in [0.3, 0.4) is 0 Å². The third kappa shape index (κ3) is 5.50. The highest BCUT2D eigenvalue weighted by Gasteiger charge is 2.19. The van der Waals surface area contributed by atoms with Gasteiger partial charge < -0.3 is 11.1 Å². The molecule has 0 aliphatic rings. The lowest BCUT2D eigenvalue weighted by Gasteiger charge is -2.30. The number of nitrogen functional groups attached to an aromatic ring is 1. The van der Waals surface area contributed by atoms with Crippen LogP contribution in [0.2, 0.25) is 0 Å². The van der Waals surface area contributed by atoms with Crippen molar-refractivity contribution < 1.29 is 0 Å². The summed E-state index contributed by atoms with van der Waals surface area (Å²) in [5.41, 5.74) is 5.78. The van der Waals surface area contributed by atoms with E-state index in [1.165, 1.54) is 0 Å². The predicted octanol–water partition coefficient (Wildman–Crippen LogP) is 2.89. The van der Waals surface area contributed by atoms with Gasteiger partial charge in [0, 0.05) is 36.7 Å². The second-order valence-electron chi connectivity index (χ2n) is 7.10. The lowest BCUT2D eigenvalue weighted by Crippen LogP contribution is -2.40. The Morgan fingerprint density at radius 3 is 2.19 bits per heavy atom. The number of rotatable bonds is 6. The van der Waals surface area contributed by atoms with Gasteiger partial charge in [-0.25, -0.2) is 9.97 Å². The first-order chi connectivity index (χ1) is 9.61. The quantitative estimate of drug-likeness (QED) is 0.844. The summed E-state index contributed by atoms with van der Waals surface area (Å²) in [5, 5.41) is 3.37. The topological polar surface area (TPSA) is 67.1 Å². The minimum Gasteiger partial charge on any atom is -0.384 e. The molecule has 5 nitrogen and oxygen atoms in total. The molecule has 1 heterocycles. The highest BCUT2D eigenvalue weighted by atomic mass is 15.2. The maximum absolute atomic E-state index is 5.88. The Hall–Kier alpha value is -1.36. The summed E-state index contributed by atoms with van der Waals surface area (Å²) >= 11 is 0. The van der Waals surface area contributed by atoms with Gasteiger partial charge in [0.2, 0.25) is 0 Å². The maximum atomic E-state index is 5.88. The van der Waals surface area contributed by atoms with E-state index < -0.39 is 0 Å². The van der Waals surface area contributed by atoms with Crippen molar-refractivity contribution in [1.29, 1.82) is 0 Å². The van der Waals surface area contributed by atoms with Gasteiger partial charge >= 0.3 is 0 Å². The Bertz CT molecular complexity index is 440. The van der Waals surface area contributed by atoms with Crippen LogP contribution in [-0.4, -0.2) is 40.0 Å². The van der Waals surface area contributed by atoms with E-state index in [9.17, 15) is 0 Å². The summed E-state index contributed by atoms with van der Waals surface area (Å²) in [6.07, 6.45) is 0. The Balaban J connectivity index is 2.70. The molecule has 0 aromatic carbocycles. The van der Waals surface area contributed by atoms with E-state index >= 15 is 0 Å². The summed E-state index contributed by atoms with van der Waals surface area (Å²) < 4.78 is 0. The van der Waals surface area contributed by atoms with Crippen LogP contribution < -0.4 is 11.1 Å². The zero-order chi connectivity index (χ0) is 16.2. The Morgan fingerprint density at radius 1 is 1.14 bits per heavy atom. The van der Waals surface area contributed by atoms with Gasteiger partial charge in [-0.3, -0.25) is 4.90 Å². The lowest BCUT2D eigenvalue weighted by atomic mass is 9.96. The molecule has 120 valence electrons. The highest BCUT2D eigenvalue weighted by molar-refractivity contribution is 5.45. The van der Waals surface area contributed by atoms with Crippen LogP contribution in [-0.2, 0) is 5.41 Å². The third-order valence-corrected chi connectivity index (χ3v) is 3.42. The minimum atomic E-state index is -0.103. The molecular formula is C16H31N5. The number of nitrogens with two attached hydrogens (primary N) is 1. The van der Waals surface area contributed by atoms with Crippen molar-refractivity contribution in [3.05, 3.63) is 11.9 Å². The van der Waals surface area contributed by atoms with Gasteiger partial charge in [-0.1, -0.05) is 20.8 Å². The van der Waals surface area contributed by atoms with Crippen LogP contribution in [0.1, 0.15) is 54.3 Å². The molecule has 21 heavy (non-hydrogen) atoms. The van der Waals surface area contributed by atoms with Crippen molar-refractivity contribution in [3.63, 3.8) is 0 Å². The van der Waals surface area contributed by atoms with E-state index in [1.54, 1.807) is 6.07 Å². The molecule has 0 saturated heterocycles. The summed E-state index contributed by atoms with van der Waals surface area (Å²) in [7, 11) is 0. The molecule has 1 aromatic heterocycles. The fourth-order valence-corrected chi connectivity index (χ4v) is 2.32. The summed E-state index contributed by atoms with van der Waals surface area (Å²) in [5.74, 6) is 2.09. The number of nitrogens with one attached hydrogen (secondary N) is 1. The Kier molecular flexibility index (Phi) is 5.96. The van der Waals surface area contributed by atoms with Crippen LogP contribution in [0.4, 0.5) is 11.6 Å². The zero-order valence-corrected chi connectivity index (χ0v) is 14.6. The molecule has 0 radical (unpaired) electrons. The fourth-order valence-electron chi connectivity index (χ4n) is 2.32. The molecule has 0 atom stereocenters. The molecule has 5 heteroatoms. The summed E-state index contributed by atoms with van der Waals surface area (Å²) in [6.45, 7) is 17.0. The van der Waals surface area contributed by atoms with Gasteiger partial charge in [-0.2, -0.15) is 0 Å². The molecule has 1 rings (SSSR count). The second kappa shape index (κ2) is 7.07. The van der Waals surface area contributed by atoms with Crippen molar-refractivity contribution in [1.82, 2.24) is 14.9 Å². The molecule has 0 saturated carbocycles. The zero-order valence-electron chi connectivity index (χ0n) is 14.6. The van der Waals surface area contributed by atoms with Gasteiger partial charge in [0.25, 0.3) is 0 Å². The number of anilines is 2. The fraction of sp³-hybridized carbons (Fsp3) is 0.750. The average Bonchev–Trinajstić information content (AvgIpc) is 2.31. The van der Waals surface area contributed by atoms with E-state index in [0.717, 1.165) is 24.7 Å². The predicted molar refractivity (Wildman–Crippen MR) is 90.6 cm³/mol. The normalized spacial score (nSPS) is 12.5. The van der Waals surface area contributed by atoms with Crippen molar-refractivity contribution >= 4 is 11.6 Å². The summed E-state index contributed by atoms with van der Waals surface area (Å²) in [4.78, 5) is 11.3. The Morgan fingerprint density at radius 2 is 1.71 bits per heavy atom. The first-order valence-electron chi connectivity index (χ1n) is 7.76. The van der Waals surface area contributed by atoms with E-state index in [4.69, 9.17) is 5.73 Å². The smallest absolute Gasteiger partial charge is 0.138 e. The molecule has 0 spiro atoms. The first-order valence-corrected chi connectivity index (χ1v) is 7.76. The number of hydrogen-bond acceptors (Lipinski definition) is 5. The number of aromatic nitrogens is 2. The molecule has 0 amide bonds. The molecule has 1 aromatic rings. The van der Waals surface area contributed by atoms with Crippen LogP contribution >= 0.6 is 0 Å². The van der Waals surface area contributed by atoms with Crippen LogP contribution in [0, 0.1) is 0 Å². The molecule has 0 unspecified atom stereocenters. The SMILES string of the molecule is CC(C)N(CCNc1cc(N)nc(C(C)(C)C)n1)C(C)C. The lowest BCUT2D eigenvalue weighted by molar-refractivity contribution is 0.182. The number of nitrogens with zero attached hydrogens (tertiary/aromatic N) is 3. The van der Waals surface area contributed by atoms with Crippen molar-refractivity contribution in [2.45, 2.75) is 66.0 Å². The van der Waals surface area contributed by atoms with E-state index in [-0.39, 0.29) is 5.41 Å². The van der Waals surface area contributed by atoms with Gasteiger partial charge in [-0.15, -0.1) is 0 Å². The van der Waals surface area contributed by atoms with E-state index in [2.05, 4.69) is 68.7 Å². The van der Waals surface area contributed by atoms with Crippen LogP contribution in [0.5, 0.6) is 0 Å². The highest BCUT2D eigenvalue weighted by Crippen LogP contribution is 2.21. The van der Waals surface area contributed by atoms with Crippen molar-refractivity contribution in [2.75, 3.05) is 24.1 Å². The summed E-state index contributed by atoms with van der Waals surface area (Å²) in [6, 6.07) is 2.87. The third-order valence-electron chi connectivity index (χ3n) is 3.42. The monoisotopic (exact) mass is 293 g/mol. The molecule has 0 bridgehead atoms. The molecule has 0 aliphatic heterocycles. The first kappa shape index (κ1) is 17.7. The average molecular weight is 293 g/mol. The molecular weight excluding hydrogens is 262 g/mol. The van der Waals surface area contributed by atoms with E-state index in [0.29, 0.717) is 17.9 Å². The molecule has 0 fully saturated rings. The van der Waals surface area contributed by atoms with E-state index in [1.807, 2.05) is 0 Å². The standard InChI is InChI=1S/C16H31N5/c1-11(2)21(12(3)4)9-8-18-14-10-13(17)19-15(20-14)16(5,6)7/h10-12H,8-9H2,1-7H3,(H3,17,18,19,20). The van der Waals surface area contributed by atoms with Crippen molar-refractivity contribution in [3.8, 4) is 0 Å². The van der Waals surface area contributed by atoms with Gasteiger partial charge in [0.1, 0.15) is 17.5 Å². The Labute approximate surface area is 129 Å². The molecule has 3 N–H and O–H groups in total. The van der Waals surface area contributed by atoms with Gasteiger partial charge in [0.05, 0.1) is 0 Å². The number of hydrogen-bond donors (Lipinski definition) is 2.